The molecule has 2 heterocycles. The number of likely N-dealkylation sites (tertiary alicyclic amines) is 1. The third-order valence-electron chi connectivity index (χ3n) is 5.49. The van der Waals surface area contributed by atoms with E-state index >= 15 is 0 Å². The summed E-state index contributed by atoms with van der Waals surface area (Å²) in [4.78, 5) is 32.4. The second-order valence-electron chi connectivity index (χ2n) is 8.92. The molecular weight excluding hydrogens is 400 g/mol. The summed E-state index contributed by atoms with van der Waals surface area (Å²) >= 11 is 1.60. The van der Waals surface area contributed by atoms with E-state index in [1.54, 1.807) is 11.3 Å². The van der Waals surface area contributed by atoms with E-state index in [0.717, 1.165) is 21.7 Å². The van der Waals surface area contributed by atoms with Crippen molar-refractivity contribution in [3.05, 3.63) is 41.0 Å². The van der Waals surface area contributed by atoms with Crippen molar-refractivity contribution in [2.24, 2.45) is 11.1 Å². The minimum Gasteiger partial charge on any atom is -0.391 e. The molecule has 0 aliphatic carbocycles. The van der Waals surface area contributed by atoms with Crippen molar-refractivity contribution < 1.29 is 14.7 Å². The van der Waals surface area contributed by atoms with E-state index in [2.05, 4.69) is 10.3 Å². The molecule has 3 atom stereocenters. The fourth-order valence-corrected chi connectivity index (χ4v) is 4.33. The molecule has 8 heteroatoms. The Morgan fingerprint density at radius 1 is 1.33 bits per heavy atom. The van der Waals surface area contributed by atoms with Crippen molar-refractivity contribution >= 4 is 23.2 Å². The molecule has 162 valence electrons. The van der Waals surface area contributed by atoms with Crippen LogP contribution >= 0.6 is 11.3 Å². The van der Waals surface area contributed by atoms with Gasteiger partial charge in [-0.1, -0.05) is 45.0 Å². The number of amides is 2. The van der Waals surface area contributed by atoms with Gasteiger partial charge >= 0.3 is 0 Å². The Morgan fingerprint density at radius 3 is 2.57 bits per heavy atom. The lowest BCUT2D eigenvalue weighted by Gasteiger charge is -2.32. The van der Waals surface area contributed by atoms with Crippen molar-refractivity contribution in [2.45, 2.75) is 58.8 Å². The molecule has 1 aromatic carbocycles. The molecule has 0 radical (unpaired) electrons. The van der Waals surface area contributed by atoms with E-state index in [-0.39, 0.29) is 24.8 Å². The summed E-state index contributed by atoms with van der Waals surface area (Å²) in [6, 6.07) is 6.52. The van der Waals surface area contributed by atoms with Crippen LogP contribution in [0.4, 0.5) is 0 Å². The molecule has 0 saturated carbocycles. The highest BCUT2D eigenvalue weighted by atomic mass is 32.1. The van der Waals surface area contributed by atoms with E-state index in [0.29, 0.717) is 6.54 Å². The highest BCUT2D eigenvalue weighted by molar-refractivity contribution is 7.13. The molecule has 0 spiro atoms. The van der Waals surface area contributed by atoms with Crippen molar-refractivity contribution in [2.75, 3.05) is 6.54 Å². The van der Waals surface area contributed by atoms with Crippen LogP contribution in [-0.2, 0) is 16.1 Å². The van der Waals surface area contributed by atoms with Crippen LogP contribution in [-0.4, -0.2) is 51.5 Å². The molecule has 1 aliphatic heterocycles. The summed E-state index contributed by atoms with van der Waals surface area (Å²) in [7, 11) is 0. The number of thiazole rings is 1. The Labute approximate surface area is 181 Å². The molecular formula is C22H30N4O3S. The number of carbonyl (C=O) groups is 2. The molecule has 7 nitrogen and oxygen atoms in total. The van der Waals surface area contributed by atoms with Gasteiger partial charge in [-0.05, 0) is 23.5 Å². The number of rotatable bonds is 5. The zero-order chi connectivity index (χ0) is 22.1. The van der Waals surface area contributed by atoms with Crippen LogP contribution in [0.15, 0.2) is 29.8 Å². The fraction of sp³-hybridized carbons (Fsp3) is 0.500. The standard InChI is InChI=1S/C22H30N4O3S/c1-13-18(30-12-25-13)15-7-5-14(6-8-15)10-24-20(28)17-9-16(27)11-26(17)21(29)19(23)22(2,3)4/h5-8,12,16-17,19,27H,9-11,23H2,1-4H3,(H,24,28)/t16-,17+,19+/m1/s1. The minimum atomic E-state index is -0.735. The SMILES string of the molecule is Cc1ncsc1-c1ccc(CNC(=O)[C@@H]2C[C@@H](O)CN2C(=O)[C@H](N)C(C)(C)C)cc1. The van der Waals surface area contributed by atoms with Gasteiger partial charge in [0.05, 0.1) is 28.2 Å². The van der Waals surface area contributed by atoms with E-state index in [4.69, 9.17) is 5.73 Å². The zero-order valence-electron chi connectivity index (χ0n) is 17.9. The van der Waals surface area contributed by atoms with Gasteiger partial charge in [-0.2, -0.15) is 0 Å². The maximum Gasteiger partial charge on any atom is 0.243 e. The van der Waals surface area contributed by atoms with Gasteiger partial charge in [0.15, 0.2) is 0 Å². The first-order chi connectivity index (χ1) is 14.1. The van der Waals surface area contributed by atoms with Crippen LogP contribution in [0.25, 0.3) is 10.4 Å². The maximum atomic E-state index is 12.8. The lowest BCUT2D eigenvalue weighted by molar-refractivity contribution is -0.141. The number of hydrogen-bond acceptors (Lipinski definition) is 6. The van der Waals surface area contributed by atoms with Crippen LogP contribution in [0.2, 0.25) is 0 Å². The van der Waals surface area contributed by atoms with Gasteiger partial charge in [0.25, 0.3) is 0 Å². The normalized spacial score (nSPS) is 20.3. The number of aromatic nitrogens is 1. The Balaban J connectivity index is 1.63. The number of benzene rings is 1. The average Bonchev–Trinajstić information content (AvgIpc) is 3.30. The van der Waals surface area contributed by atoms with E-state index < -0.39 is 23.6 Å². The molecule has 1 saturated heterocycles. The molecule has 0 unspecified atom stereocenters. The van der Waals surface area contributed by atoms with Gasteiger partial charge in [0, 0.05) is 19.5 Å². The van der Waals surface area contributed by atoms with Crippen LogP contribution < -0.4 is 11.1 Å². The largest absolute Gasteiger partial charge is 0.391 e. The summed E-state index contributed by atoms with van der Waals surface area (Å²) in [6.07, 6.45) is -0.503. The second kappa shape index (κ2) is 8.83. The third kappa shape index (κ3) is 4.88. The van der Waals surface area contributed by atoms with E-state index in [1.807, 2.05) is 57.5 Å². The molecule has 0 bridgehead atoms. The lowest BCUT2D eigenvalue weighted by Crippen LogP contribution is -2.54. The molecule has 1 fully saturated rings. The Bertz CT molecular complexity index is 904. The van der Waals surface area contributed by atoms with Gasteiger partial charge in [0.2, 0.25) is 11.8 Å². The number of nitrogens with two attached hydrogens (primary N) is 1. The number of carbonyl (C=O) groups excluding carboxylic acids is 2. The number of aliphatic hydroxyl groups excluding tert-OH is 1. The van der Waals surface area contributed by atoms with Gasteiger partial charge in [-0.25, -0.2) is 4.98 Å². The highest BCUT2D eigenvalue weighted by Crippen LogP contribution is 2.27. The average molecular weight is 431 g/mol. The molecule has 4 N–H and O–H groups in total. The molecule has 1 aromatic heterocycles. The predicted molar refractivity (Wildman–Crippen MR) is 118 cm³/mol. The van der Waals surface area contributed by atoms with Gasteiger partial charge in [0.1, 0.15) is 6.04 Å². The number of aliphatic hydroxyl groups is 1. The van der Waals surface area contributed by atoms with E-state index in [1.165, 1.54) is 4.90 Å². The van der Waals surface area contributed by atoms with Gasteiger partial charge < -0.3 is 21.1 Å². The number of nitrogens with one attached hydrogen (secondary N) is 1. The third-order valence-corrected chi connectivity index (χ3v) is 6.47. The van der Waals surface area contributed by atoms with Gasteiger partial charge in [-0.3, -0.25) is 9.59 Å². The summed E-state index contributed by atoms with van der Waals surface area (Å²) in [5.41, 5.74) is 10.6. The molecule has 2 amide bonds. The van der Waals surface area contributed by atoms with Crippen LogP contribution in [0.5, 0.6) is 0 Å². The number of hydrogen-bond donors (Lipinski definition) is 3. The monoisotopic (exact) mass is 430 g/mol. The Hall–Kier alpha value is -2.29. The number of β-amino-alcohol motifs (C(OH)–C–C–N with tert-alkyl or cyclic N) is 1. The van der Waals surface area contributed by atoms with Crippen LogP contribution in [0.1, 0.15) is 38.4 Å². The zero-order valence-corrected chi connectivity index (χ0v) is 18.7. The van der Waals surface area contributed by atoms with Crippen molar-refractivity contribution in [3.8, 4) is 10.4 Å². The molecule has 3 rings (SSSR count). The number of aryl methyl sites for hydroxylation is 1. The first-order valence-electron chi connectivity index (χ1n) is 10.1. The summed E-state index contributed by atoms with van der Waals surface area (Å²) in [5, 5.41) is 13.0. The van der Waals surface area contributed by atoms with Crippen molar-refractivity contribution in [1.82, 2.24) is 15.2 Å². The molecule has 1 aliphatic rings. The van der Waals surface area contributed by atoms with Crippen LogP contribution in [0, 0.1) is 12.3 Å². The number of nitrogens with zero attached hydrogens (tertiary/aromatic N) is 2. The summed E-state index contributed by atoms with van der Waals surface area (Å²) in [5.74, 6) is -0.577. The smallest absolute Gasteiger partial charge is 0.243 e. The van der Waals surface area contributed by atoms with Crippen molar-refractivity contribution in [3.63, 3.8) is 0 Å². The molecule has 30 heavy (non-hydrogen) atoms. The van der Waals surface area contributed by atoms with Gasteiger partial charge in [-0.15, -0.1) is 11.3 Å². The Morgan fingerprint density at radius 2 is 2.00 bits per heavy atom. The topological polar surface area (TPSA) is 109 Å². The minimum absolute atomic E-state index is 0.129. The highest BCUT2D eigenvalue weighted by Gasteiger charge is 2.42. The molecule has 2 aromatic rings. The fourth-order valence-electron chi connectivity index (χ4n) is 3.51. The first-order valence-corrected chi connectivity index (χ1v) is 11.0. The van der Waals surface area contributed by atoms with Crippen molar-refractivity contribution in [1.29, 1.82) is 0 Å². The van der Waals surface area contributed by atoms with Crippen LogP contribution in [0.3, 0.4) is 0 Å². The summed E-state index contributed by atoms with van der Waals surface area (Å²) < 4.78 is 0. The maximum absolute atomic E-state index is 12.8. The Kier molecular flexibility index (Phi) is 6.59. The lowest BCUT2D eigenvalue weighted by atomic mass is 9.86. The predicted octanol–water partition coefficient (Wildman–Crippen LogP) is 2.07. The first kappa shape index (κ1) is 22.4. The summed E-state index contributed by atoms with van der Waals surface area (Å²) in [6.45, 7) is 8.11. The van der Waals surface area contributed by atoms with E-state index in [9.17, 15) is 14.7 Å². The quantitative estimate of drug-likeness (QED) is 0.673. The second-order valence-corrected chi connectivity index (χ2v) is 9.78.